The Morgan fingerprint density at radius 3 is 2.53 bits per heavy atom. The summed E-state index contributed by atoms with van der Waals surface area (Å²) < 4.78 is 20.6. The van der Waals surface area contributed by atoms with Gasteiger partial charge in [-0.15, -0.1) is 0 Å². The summed E-state index contributed by atoms with van der Waals surface area (Å²) in [5, 5.41) is 9.04. The van der Waals surface area contributed by atoms with Crippen molar-refractivity contribution in [1.29, 1.82) is 0 Å². The van der Waals surface area contributed by atoms with Gasteiger partial charge in [-0.2, -0.15) is 0 Å². The molecule has 0 spiro atoms. The third kappa shape index (κ3) is 5.91. The monoisotopic (exact) mass is 495 g/mol. The molecule has 6 heteroatoms. The maximum Gasteiger partial charge on any atom is 0.411 e. The standard InChI is InChI=1S/C30H38FNO4/c1-19(24-15-16-27(31)26-8-6-5-7-25(24)26)32(29(35)36-30(2,3)4)23-14-13-22(18-23)21-11-9-20(10-12-21)17-28(33)34/h5,7,9-12,15-16,19,22-23,26-27H,6,8,13-14,17-18H2,1-4H3,(H,33,34)/t19-,22-,23+,26?,27?/m1/s1. The Balaban J connectivity index is 1.59. The van der Waals surface area contributed by atoms with Crippen LogP contribution in [-0.2, 0) is 16.0 Å². The molecule has 5 nitrogen and oxygen atoms in total. The number of hydrogen-bond acceptors (Lipinski definition) is 3. The lowest BCUT2D eigenvalue weighted by Gasteiger charge is -2.39. The summed E-state index contributed by atoms with van der Waals surface area (Å²) in [6, 6.07) is 7.54. The molecule has 1 N–H and O–H groups in total. The van der Waals surface area contributed by atoms with Gasteiger partial charge in [0, 0.05) is 12.0 Å². The molecule has 0 bridgehead atoms. The summed E-state index contributed by atoms with van der Waals surface area (Å²) >= 11 is 0. The largest absolute Gasteiger partial charge is 0.481 e. The van der Waals surface area contributed by atoms with Crippen LogP contribution in [0, 0.1) is 5.92 Å². The van der Waals surface area contributed by atoms with Crippen molar-refractivity contribution in [3.63, 3.8) is 0 Å². The third-order valence-corrected chi connectivity index (χ3v) is 7.60. The van der Waals surface area contributed by atoms with Crippen LogP contribution in [0.2, 0.25) is 0 Å². The van der Waals surface area contributed by atoms with Crippen LogP contribution in [0.15, 0.2) is 59.7 Å². The van der Waals surface area contributed by atoms with E-state index in [-0.39, 0.29) is 36.4 Å². The Labute approximate surface area is 213 Å². The van der Waals surface area contributed by atoms with E-state index < -0.39 is 17.7 Å². The van der Waals surface area contributed by atoms with Crippen LogP contribution in [-0.4, -0.2) is 45.9 Å². The van der Waals surface area contributed by atoms with Crippen molar-refractivity contribution >= 4 is 12.1 Å². The van der Waals surface area contributed by atoms with Crippen molar-refractivity contribution in [3.05, 3.63) is 70.8 Å². The molecule has 2 unspecified atom stereocenters. The average Bonchev–Trinajstić information content (AvgIpc) is 3.28. The number of hydrogen-bond donors (Lipinski definition) is 1. The molecule has 5 atom stereocenters. The van der Waals surface area contributed by atoms with Crippen LogP contribution in [0.25, 0.3) is 0 Å². The lowest BCUT2D eigenvalue weighted by atomic mass is 9.78. The van der Waals surface area contributed by atoms with E-state index in [0.717, 1.165) is 48.8 Å². The lowest BCUT2D eigenvalue weighted by Crippen LogP contribution is -2.48. The lowest BCUT2D eigenvalue weighted by molar-refractivity contribution is -0.136. The van der Waals surface area contributed by atoms with Gasteiger partial charge in [-0.25, -0.2) is 9.18 Å². The van der Waals surface area contributed by atoms with Crippen molar-refractivity contribution in [2.24, 2.45) is 5.92 Å². The van der Waals surface area contributed by atoms with Gasteiger partial charge in [-0.05, 0) is 94.1 Å². The first kappa shape index (κ1) is 26.2. The molecule has 0 aliphatic heterocycles. The number of alkyl halides is 1. The molecular weight excluding hydrogens is 457 g/mol. The number of benzene rings is 1. The number of carbonyl (C=O) groups is 2. The van der Waals surface area contributed by atoms with Gasteiger partial charge < -0.3 is 9.84 Å². The second-order valence-corrected chi connectivity index (χ2v) is 11.3. The summed E-state index contributed by atoms with van der Waals surface area (Å²) in [7, 11) is 0. The quantitative estimate of drug-likeness (QED) is 0.474. The summed E-state index contributed by atoms with van der Waals surface area (Å²) in [4.78, 5) is 26.4. The molecule has 3 aliphatic rings. The summed E-state index contributed by atoms with van der Waals surface area (Å²) in [6.45, 7) is 7.66. The first-order chi connectivity index (χ1) is 17.0. The third-order valence-electron chi connectivity index (χ3n) is 7.60. The zero-order valence-corrected chi connectivity index (χ0v) is 21.7. The zero-order valence-electron chi connectivity index (χ0n) is 21.7. The number of ether oxygens (including phenoxy) is 1. The average molecular weight is 496 g/mol. The number of rotatable bonds is 6. The molecule has 0 heterocycles. The Morgan fingerprint density at radius 2 is 1.86 bits per heavy atom. The molecule has 1 amide bonds. The normalized spacial score (nSPS) is 26.5. The second kappa shape index (κ2) is 10.6. The fourth-order valence-corrected chi connectivity index (χ4v) is 5.90. The van der Waals surface area contributed by atoms with E-state index in [4.69, 9.17) is 9.84 Å². The predicted molar refractivity (Wildman–Crippen MR) is 139 cm³/mol. The summed E-state index contributed by atoms with van der Waals surface area (Å²) in [6.07, 6.45) is 10.6. The zero-order chi connectivity index (χ0) is 26.0. The van der Waals surface area contributed by atoms with Crippen LogP contribution in [0.4, 0.5) is 9.18 Å². The van der Waals surface area contributed by atoms with Crippen molar-refractivity contribution < 1.29 is 23.8 Å². The number of nitrogens with zero attached hydrogens (tertiary/aromatic N) is 1. The Kier molecular flexibility index (Phi) is 7.72. The van der Waals surface area contributed by atoms with Gasteiger partial charge in [0.1, 0.15) is 11.8 Å². The Morgan fingerprint density at radius 1 is 1.14 bits per heavy atom. The topological polar surface area (TPSA) is 66.8 Å². The van der Waals surface area contributed by atoms with Gasteiger partial charge in [0.25, 0.3) is 0 Å². The van der Waals surface area contributed by atoms with Crippen LogP contribution in [0.1, 0.15) is 76.8 Å². The number of allylic oxidation sites excluding steroid dienone is 4. The minimum absolute atomic E-state index is 0.00540. The predicted octanol–water partition coefficient (Wildman–Crippen LogP) is 6.75. The Hall–Kier alpha value is -2.89. The van der Waals surface area contributed by atoms with E-state index in [1.165, 1.54) is 5.56 Å². The maximum atomic E-state index is 14.7. The molecule has 0 saturated heterocycles. The molecule has 0 radical (unpaired) electrons. The van der Waals surface area contributed by atoms with Gasteiger partial charge in [-0.1, -0.05) is 42.5 Å². The summed E-state index contributed by atoms with van der Waals surface area (Å²) in [5.74, 6) is -0.714. The first-order valence-corrected chi connectivity index (χ1v) is 13.1. The molecule has 1 aromatic rings. The SMILES string of the molecule is C[C@H](C1=C2C=CCCC2C(F)C=C1)N(C(=O)OC(C)(C)C)[C@H]1CC[C@@H](c2ccc(CC(=O)O)cc2)C1. The maximum absolute atomic E-state index is 14.7. The molecule has 1 fully saturated rings. The molecule has 0 aromatic heterocycles. The second-order valence-electron chi connectivity index (χ2n) is 11.3. The minimum atomic E-state index is -0.990. The van der Waals surface area contributed by atoms with Crippen molar-refractivity contribution in [1.82, 2.24) is 4.90 Å². The van der Waals surface area contributed by atoms with E-state index in [9.17, 15) is 14.0 Å². The van der Waals surface area contributed by atoms with Gasteiger partial charge in [0.15, 0.2) is 0 Å². The number of aliphatic carboxylic acids is 1. The van der Waals surface area contributed by atoms with Gasteiger partial charge in [0.2, 0.25) is 0 Å². The molecule has 3 aliphatic carbocycles. The minimum Gasteiger partial charge on any atom is -0.481 e. The van der Waals surface area contributed by atoms with Crippen LogP contribution in [0.5, 0.6) is 0 Å². The number of amides is 1. The first-order valence-electron chi connectivity index (χ1n) is 13.1. The highest BCUT2D eigenvalue weighted by Gasteiger charge is 2.40. The van der Waals surface area contributed by atoms with Crippen LogP contribution < -0.4 is 0 Å². The highest BCUT2D eigenvalue weighted by molar-refractivity contribution is 5.71. The van der Waals surface area contributed by atoms with Gasteiger partial charge in [-0.3, -0.25) is 9.69 Å². The van der Waals surface area contributed by atoms with Crippen molar-refractivity contribution in [2.45, 2.75) is 96.0 Å². The number of carbonyl (C=O) groups excluding carboxylic acids is 1. The smallest absolute Gasteiger partial charge is 0.411 e. The van der Waals surface area contributed by atoms with Crippen LogP contribution in [0.3, 0.4) is 0 Å². The van der Waals surface area contributed by atoms with Crippen molar-refractivity contribution in [3.8, 4) is 0 Å². The number of fused-ring (bicyclic) bond motifs is 1. The fourth-order valence-electron chi connectivity index (χ4n) is 5.90. The van der Waals surface area contributed by atoms with Crippen LogP contribution >= 0.6 is 0 Å². The van der Waals surface area contributed by atoms with E-state index in [1.807, 2.05) is 69.0 Å². The molecule has 194 valence electrons. The number of carboxylic acid groups (broad SMARTS) is 1. The highest BCUT2D eigenvalue weighted by atomic mass is 19.1. The van der Waals surface area contributed by atoms with E-state index >= 15 is 0 Å². The molecular formula is C30H38FNO4. The van der Waals surface area contributed by atoms with Gasteiger partial charge in [0.05, 0.1) is 12.5 Å². The summed E-state index contributed by atoms with van der Waals surface area (Å²) in [5.41, 5.74) is 3.32. The van der Waals surface area contributed by atoms with E-state index in [0.29, 0.717) is 0 Å². The fraction of sp³-hybridized carbons (Fsp3) is 0.533. The van der Waals surface area contributed by atoms with E-state index in [2.05, 4.69) is 6.08 Å². The molecule has 4 rings (SSSR count). The highest BCUT2D eigenvalue weighted by Crippen LogP contribution is 2.42. The number of carboxylic acids is 1. The van der Waals surface area contributed by atoms with Crippen molar-refractivity contribution in [2.75, 3.05) is 0 Å². The molecule has 36 heavy (non-hydrogen) atoms. The van der Waals surface area contributed by atoms with E-state index in [1.54, 1.807) is 6.08 Å². The van der Waals surface area contributed by atoms with Gasteiger partial charge >= 0.3 is 12.1 Å². The molecule has 1 saturated carbocycles. The molecule has 1 aromatic carbocycles. The number of halogens is 1. The Bertz CT molecular complexity index is 1070.